The van der Waals surface area contributed by atoms with Gasteiger partial charge in [-0.05, 0) is 12.1 Å². The van der Waals surface area contributed by atoms with Gasteiger partial charge in [0.2, 0.25) is 0 Å². The van der Waals surface area contributed by atoms with Crippen molar-refractivity contribution in [2.75, 3.05) is 24.6 Å². The number of hydrogen-bond acceptors (Lipinski definition) is 5. The lowest BCUT2D eigenvalue weighted by molar-refractivity contribution is 0.0847. The first-order valence-corrected chi connectivity index (χ1v) is 5.90. The highest BCUT2D eigenvalue weighted by Gasteiger charge is 2.23. The van der Waals surface area contributed by atoms with E-state index >= 15 is 0 Å². The fourth-order valence-electron chi connectivity index (χ4n) is 1.81. The van der Waals surface area contributed by atoms with Gasteiger partial charge in [-0.15, -0.1) is 0 Å². The molecule has 18 heavy (non-hydrogen) atoms. The lowest BCUT2D eigenvalue weighted by Crippen LogP contribution is -2.47. The Kier molecular flexibility index (Phi) is 3.73. The van der Waals surface area contributed by atoms with Crippen molar-refractivity contribution in [3.8, 4) is 0 Å². The number of rotatable bonds is 3. The molecule has 1 aliphatic rings. The highest BCUT2D eigenvalue weighted by atomic mass is 32.1. The molecule has 7 heteroatoms. The van der Waals surface area contributed by atoms with Crippen LogP contribution >= 0.6 is 12.2 Å². The zero-order valence-electron chi connectivity index (χ0n) is 9.70. The van der Waals surface area contributed by atoms with Gasteiger partial charge in [0.15, 0.2) is 0 Å². The van der Waals surface area contributed by atoms with Crippen LogP contribution in [-0.4, -0.2) is 41.7 Å². The fourth-order valence-corrected chi connectivity index (χ4v) is 1.95. The van der Waals surface area contributed by atoms with Crippen LogP contribution in [0.3, 0.4) is 0 Å². The van der Waals surface area contributed by atoms with E-state index in [0.29, 0.717) is 24.7 Å². The molecule has 0 spiro atoms. The smallest absolute Gasteiger partial charge is 0.267 e. The van der Waals surface area contributed by atoms with Gasteiger partial charge in [-0.3, -0.25) is 9.78 Å². The van der Waals surface area contributed by atoms with E-state index in [1.54, 1.807) is 12.3 Å². The van der Waals surface area contributed by atoms with E-state index < -0.39 is 5.91 Å². The predicted molar refractivity (Wildman–Crippen MR) is 71.5 cm³/mol. The second-order valence-corrected chi connectivity index (χ2v) is 4.44. The standard InChI is InChI=1S/C11H14N4O2S/c12-10(16)8-5-7(1-2-14-8)15-3-4-17-9(6-15)11(13)18/h1-2,5,9H,3-4,6H2,(H2,12,16)(H2,13,18). The largest absolute Gasteiger partial charge is 0.391 e. The van der Waals surface area contributed by atoms with Crippen LogP contribution in [0, 0.1) is 0 Å². The maximum Gasteiger partial charge on any atom is 0.267 e. The topological polar surface area (TPSA) is 94.5 Å². The minimum absolute atomic E-state index is 0.242. The van der Waals surface area contributed by atoms with Gasteiger partial charge in [-0.25, -0.2) is 0 Å². The third kappa shape index (κ3) is 2.74. The first-order chi connectivity index (χ1) is 8.58. The highest BCUT2D eigenvalue weighted by Crippen LogP contribution is 2.18. The Morgan fingerprint density at radius 2 is 2.33 bits per heavy atom. The SMILES string of the molecule is NC(=O)c1cc(N2CCOC(C(N)=S)C2)ccn1. The molecule has 2 heterocycles. The fraction of sp³-hybridized carbons (Fsp3) is 0.364. The van der Waals surface area contributed by atoms with E-state index in [4.69, 9.17) is 28.4 Å². The third-order valence-electron chi connectivity index (χ3n) is 2.74. The molecule has 1 aliphatic heterocycles. The summed E-state index contributed by atoms with van der Waals surface area (Å²) in [5.41, 5.74) is 11.9. The van der Waals surface area contributed by atoms with Gasteiger partial charge in [0.05, 0.1) is 13.2 Å². The molecular formula is C11H14N4O2S. The number of primary amides is 1. The van der Waals surface area contributed by atoms with Gasteiger partial charge in [-0.1, -0.05) is 12.2 Å². The molecule has 1 aromatic heterocycles. The highest BCUT2D eigenvalue weighted by molar-refractivity contribution is 7.80. The van der Waals surface area contributed by atoms with Crippen molar-refractivity contribution in [3.63, 3.8) is 0 Å². The van der Waals surface area contributed by atoms with E-state index in [-0.39, 0.29) is 11.8 Å². The van der Waals surface area contributed by atoms with Gasteiger partial charge in [0, 0.05) is 18.4 Å². The molecule has 6 nitrogen and oxygen atoms in total. The molecule has 0 bridgehead atoms. The number of nitrogens with zero attached hydrogens (tertiary/aromatic N) is 2. The second-order valence-electron chi connectivity index (χ2n) is 3.97. The molecule has 1 saturated heterocycles. The molecule has 0 saturated carbocycles. The summed E-state index contributed by atoms with van der Waals surface area (Å²) in [6.45, 7) is 1.81. The summed E-state index contributed by atoms with van der Waals surface area (Å²) in [7, 11) is 0. The molecule has 1 fully saturated rings. The van der Waals surface area contributed by atoms with Crippen molar-refractivity contribution in [2.45, 2.75) is 6.10 Å². The number of pyridine rings is 1. The van der Waals surface area contributed by atoms with E-state index in [1.807, 2.05) is 11.0 Å². The molecular weight excluding hydrogens is 252 g/mol. The maximum atomic E-state index is 11.1. The summed E-state index contributed by atoms with van der Waals surface area (Å²) in [4.78, 5) is 17.4. The monoisotopic (exact) mass is 266 g/mol. The number of aromatic nitrogens is 1. The van der Waals surface area contributed by atoms with Crippen LogP contribution in [0.2, 0.25) is 0 Å². The van der Waals surface area contributed by atoms with Crippen LogP contribution in [0.5, 0.6) is 0 Å². The zero-order chi connectivity index (χ0) is 13.1. The van der Waals surface area contributed by atoms with Crippen molar-refractivity contribution in [2.24, 2.45) is 11.5 Å². The van der Waals surface area contributed by atoms with E-state index in [1.165, 1.54) is 0 Å². The summed E-state index contributed by atoms with van der Waals surface area (Å²) in [6.07, 6.45) is 1.29. The summed E-state index contributed by atoms with van der Waals surface area (Å²) < 4.78 is 5.45. The molecule has 4 N–H and O–H groups in total. The molecule has 1 amide bonds. The average Bonchev–Trinajstić information content (AvgIpc) is 2.39. The van der Waals surface area contributed by atoms with Crippen molar-refractivity contribution in [1.29, 1.82) is 0 Å². The Morgan fingerprint density at radius 1 is 1.56 bits per heavy atom. The van der Waals surface area contributed by atoms with Gasteiger partial charge < -0.3 is 21.1 Å². The number of ether oxygens (including phenoxy) is 1. The number of thiocarbonyl (C=S) groups is 1. The lowest BCUT2D eigenvalue weighted by Gasteiger charge is -2.34. The minimum atomic E-state index is -0.545. The van der Waals surface area contributed by atoms with E-state index in [9.17, 15) is 4.79 Å². The number of hydrogen-bond donors (Lipinski definition) is 2. The average molecular weight is 266 g/mol. The van der Waals surface area contributed by atoms with Gasteiger partial charge in [0.1, 0.15) is 16.8 Å². The number of amides is 1. The Labute approximate surface area is 110 Å². The first-order valence-electron chi connectivity index (χ1n) is 5.49. The van der Waals surface area contributed by atoms with Crippen LogP contribution in [-0.2, 0) is 4.74 Å². The molecule has 2 rings (SSSR count). The molecule has 0 aliphatic carbocycles. The summed E-state index contributed by atoms with van der Waals surface area (Å²) in [5.74, 6) is -0.545. The molecule has 1 unspecified atom stereocenters. The Hall–Kier alpha value is -1.73. The predicted octanol–water partition coefficient (Wildman–Crippen LogP) is -0.328. The van der Waals surface area contributed by atoms with Crippen molar-refractivity contribution < 1.29 is 9.53 Å². The van der Waals surface area contributed by atoms with Crippen LogP contribution < -0.4 is 16.4 Å². The van der Waals surface area contributed by atoms with Crippen molar-refractivity contribution >= 4 is 28.8 Å². The van der Waals surface area contributed by atoms with Gasteiger partial charge in [0.25, 0.3) is 5.91 Å². The Balaban J connectivity index is 2.18. The molecule has 0 aromatic carbocycles. The molecule has 1 atom stereocenters. The zero-order valence-corrected chi connectivity index (χ0v) is 10.5. The second kappa shape index (κ2) is 5.28. The quantitative estimate of drug-likeness (QED) is 0.728. The number of anilines is 1. The number of nitrogens with two attached hydrogens (primary N) is 2. The van der Waals surface area contributed by atoms with Crippen LogP contribution in [0.1, 0.15) is 10.5 Å². The summed E-state index contributed by atoms with van der Waals surface area (Å²) >= 11 is 4.93. The Morgan fingerprint density at radius 3 is 3.00 bits per heavy atom. The molecule has 1 aromatic rings. The summed E-state index contributed by atoms with van der Waals surface area (Å²) in [6, 6.07) is 3.47. The number of carbonyl (C=O) groups excluding carboxylic acids is 1. The Bertz CT molecular complexity index is 480. The summed E-state index contributed by atoms with van der Waals surface area (Å²) in [5, 5.41) is 0. The van der Waals surface area contributed by atoms with Gasteiger partial charge >= 0.3 is 0 Å². The van der Waals surface area contributed by atoms with Gasteiger partial charge in [-0.2, -0.15) is 0 Å². The van der Waals surface area contributed by atoms with Crippen LogP contribution in [0.4, 0.5) is 5.69 Å². The van der Waals surface area contributed by atoms with Crippen molar-refractivity contribution in [1.82, 2.24) is 4.98 Å². The number of morpholine rings is 1. The van der Waals surface area contributed by atoms with E-state index in [0.717, 1.165) is 5.69 Å². The normalized spacial score (nSPS) is 19.6. The van der Waals surface area contributed by atoms with Crippen molar-refractivity contribution in [3.05, 3.63) is 24.0 Å². The third-order valence-corrected chi connectivity index (χ3v) is 3.01. The van der Waals surface area contributed by atoms with Crippen LogP contribution in [0.25, 0.3) is 0 Å². The van der Waals surface area contributed by atoms with Crippen LogP contribution in [0.15, 0.2) is 18.3 Å². The molecule has 96 valence electrons. The lowest BCUT2D eigenvalue weighted by atomic mass is 10.2. The van der Waals surface area contributed by atoms with E-state index in [2.05, 4.69) is 4.98 Å². The number of carbonyl (C=O) groups is 1. The molecule has 0 radical (unpaired) electrons. The first kappa shape index (κ1) is 12.7. The minimum Gasteiger partial charge on any atom is -0.391 e. The maximum absolute atomic E-state index is 11.1.